The zero-order chi connectivity index (χ0) is 16.4. The van der Waals surface area contributed by atoms with Crippen molar-refractivity contribution in [3.63, 3.8) is 0 Å². The summed E-state index contributed by atoms with van der Waals surface area (Å²) >= 11 is 2.78. The standard InChI is InChI=1S/C13H13BrF3NO3/c1-12(2,11(20)21)6-18-10(19)7-3-4-9(14)8(5-7)13(15,16)17/h3-5H,6H2,1-2H3,(H,18,19)(H,20,21). The molecule has 0 heterocycles. The van der Waals surface area contributed by atoms with Crippen molar-refractivity contribution in [2.24, 2.45) is 5.41 Å². The van der Waals surface area contributed by atoms with Crippen LogP contribution >= 0.6 is 15.9 Å². The first-order valence-electron chi connectivity index (χ1n) is 5.83. The maximum Gasteiger partial charge on any atom is 0.417 e. The van der Waals surface area contributed by atoms with Crippen LogP contribution in [0.1, 0.15) is 29.8 Å². The SMILES string of the molecule is CC(C)(CNC(=O)c1ccc(Br)c(C(F)(F)F)c1)C(=O)O. The van der Waals surface area contributed by atoms with Crippen LogP contribution in [-0.2, 0) is 11.0 Å². The first kappa shape index (κ1) is 17.5. The van der Waals surface area contributed by atoms with Gasteiger partial charge in [0.1, 0.15) is 0 Å². The van der Waals surface area contributed by atoms with Gasteiger partial charge in [-0.1, -0.05) is 15.9 Å². The minimum Gasteiger partial charge on any atom is -0.481 e. The highest BCUT2D eigenvalue weighted by Crippen LogP contribution is 2.35. The second-order valence-electron chi connectivity index (χ2n) is 5.06. The van der Waals surface area contributed by atoms with Crippen molar-refractivity contribution in [2.75, 3.05) is 6.54 Å². The summed E-state index contributed by atoms with van der Waals surface area (Å²) < 4.78 is 38.0. The van der Waals surface area contributed by atoms with Gasteiger partial charge in [-0.2, -0.15) is 13.2 Å². The van der Waals surface area contributed by atoms with Crippen molar-refractivity contribution in [1.82, 2.24) is 5.32 Å². The van der Waals surface area contributed by atoms with Gasteiger partial charge in [0, 0.05) is 16.6 Å². The van der Waals surface area contributed by atoms with Gasteiger partial charge in [0.15, 0.2) is 0 Å². The zero-order valence-electron chi connectivity index (χ0n) is 11.2. The Bertz CT molecular complexity index is 570. The highest BCUT2D eigenvalue weighted by Gasteiger charge is 2.34. The number of rotatable bonds is 4. The molecule has 0 radical (unpaired) electrons. The molecule has 0 unspecified atom stereocenters. The summed E-state index contributed by atoms with van der Waals surface area (Å²) in [6.07, 6.45) is -4.59. The van der Waals surface area contributed by atoms with Gasteiger partial charge in [-0.05, 0) is 32.0 Å². The quantitative estimate of drug-likeness (QED) is 0.857. The average molecular weight is 368 g/mol. The third-order valence-electron chi connectivity index (χ3n) is 2.80. The molecule has 1 amide bonds. The molecule has 1 aromatic rings. The van der Waals surface area contributed by atoms with E-state index in [0.29, 0.717) is 6.07 Å². The number of hydrogen-bond donors (Lipinski definition) is 2. The van der Waals surface area contributed by atoms with Gasteiger partial charge in [-0.15, -0.1) is 0 Å². The molecule has 0 aliphatic rings. The number of alkyl halides is 3. The van der Waals surface area contributed by atoms with Crippen LogP contribution < -0.4 is 5.32 Å². The Morgan fingerprint density at radius 1 is 1.29 bits per heavy atom. The second kappa shape index (κ2) is 6.05. The van der Waals surface area contributed by atoms with E-state index in [2.05, 4.69) is 21.2 Å². The van der Waals surface area contributed by atoms with E-state index in [9.17, 15) is 22.8 Å². The molecule has 0 aliphatic carbocycles. The molecule has 8 heteroatoms. The lowest BCUT2D eigenvalue weighted by Gasteiger charge is -2.19. The molecule has 4 nitrogen and oxygen atoms in total. The summed E-state index contributed by atoms with van der Waals surface area (Å²) in [4.78, 5) is 22.7. The normalized spacial score (nSPS) is 12.1. The van der Waals surface area contributed by atoms with E-state index < -0.39 is 29.0 Å². The van der Waals surface area contributed by atoms with Crippen LogP contribution in [0.4, 0.5) is 13.2 Å². The fourth-order valence-electron chi connectivity index (χ4n) is 1.36. The van der Waals surface area contributed by atoms with Gasteiger partial charge in [0.25, 0.3) is 5.91 Å². The Balaban J connectivity index is 2.92. The summed E-state index contributed by atoms with van der Waals surface area (Å²) in [5.41, 5.74) is -2.36. The van der Waals surface area contributed by atoms with Gasteiger partial charge in [0.2, 0.25) is 0 Å². The minimum atomic E-state index is -4.59. The van der Waals surface area contributed by atoms with Crippen LogP contribution in [0.3, 0.4) is 0 Å². The number of aliphatic carboxylic acids is 1. The topological polar surface area (TPSA) is 66.4 Å². The predicted molar refractivity (Wildman–Crippen MR) is 72.9 cm³/mol. The maximum absolute atomic E-state index is 12.7. The molecule has 0 saturated carbocycles. The lowest BCUT2D eigenvalue weighted by Crippen LogP contribution is -2.38. The molecule has 0 atom stereocenters. The molecule has 0 bridgehead atoms. The minimum absolute atomic E-state index is 0.169. The number of carboxylic acid groups (broad SMARTS) is 1. The Morgan fingerprint density at radius 3 is 2.33 bits per heavy atom. The van der Waals surface area contributed by atoms with E-state index in [4.69, 9.17) is 5.11 Å². The van der Waals surface area contributed by atoms with Crippen LogP contribution in [0.2, 0.25) is 0 Å². The van der Waals surface area contributed by atoms with Crippen molar-refractivity contribution < 1.29 is 27.9 Å². The molecule has 0 aromatic heterocycles. The largest absolute Gasteiger partial charge is 0.481 e. The van der Waals surface area contributed by atoms with E-state index in [1.54, 1.807) is 0 Å². The van der Waals surface area contributed by atoms with Crippen LogP contribution in [-0.4, -0.2) is 23.5 Å². The Morgan fingerprint density at radius 2 is 1.86 bits per heavy atom. The number of hydrogen-bond acceptors (Lipinski definition) is 2. The average Bonchev–Trinajstić information content (AvgIpc) is 2.35. The van der Waals surface area contributed by atoms with Gasteiger partial charge >= 0.3 is 12.1 Å². The molecule has 0 saturated heterocycles. The third kappa shape index (κ3) is 4.45. The van der Waals surface area contributed by atoms with Crippen LogP contribution in [0.5, 0.6) is 0 Å². The molecule has 0 spiro atoms. The van der Waals surface area contributed by atoms with E-state index in [-0.39, 0.29) is 16.6 Å². The molecular weight excluding hydrogens is 355 g/mol. The number of carboxylic acids is 1. The molecule has 116 valence electrons. The lowest BCUT2D eigenvalue weighted by atomic mass is 9.94. The lowest BCUT2D eigenvalue weighted by molar-refractivity contribution is -0.146. The van der Waals surface area contributed by atoms with Crippen molar-refractivity contribution >= 4 is 27.8 Å². The Labute approximate surface area is 127 Å². The molecular formula is C13H13BrF3NO3. The first-order valence-corrected chi connectivity index (χ1v) is 6.63. The smallest absolute Gasteiger partial charge is 0.417 e. The summed E-state index contributed by atoms with van der Waals surface area (Å²) in [6, 6.07) is 3.07. The number of benzene rings is 1. The highest BCUT2D eigenvalue weighted by molar-refractivity contribution is 9.10. The number of amides is 1. The fourth-order valence-corrected chi connectivity index (χ4v) is 1.83. The number of carbonyl (C=O) groups excluding carboxylic acids is 1. The fraction of sp³-hybridized carbons (Fsp3) is 0.385. The molecule has 21 heavy (non-hydrogen) atoms. The number of carbonyl (C=O) groups is 2. The molecule has 0 fully saturated rings. The predicted octanol–water partition coefficient (Wildman–Crippen LogP) is 3.31. The Hall–Kier alpha value is -1.57. The van der Waals surface area contributed by atoms with Gasteiger partial charge in [0.05, 0.1) is 11.0 Å². The Kier molecular flexibility index (Phi) is 5.03. The van der Waals surface area contributed by atoms with Crippen molar-refractivity contribution in [3.05, 3.63) is 33.8 Å². The maximum atomic E-state index is 12.7. The third-order valence-corrected chi connectivity index (χ3v) is 3.50. The second-order valence-corrected chi connectivity index (χ2v) is 5.92. The van der Waals surface area contributed by atoms with E-state index in [1.165, 1.54) is 19.9 Å². The van der Waals surface area contributed by atoms with Gasteiger partial charge in [-0.25, -0.2) is 0 Å². The van der Waals surface area contributed by atoms with E-state index in [0.717, 1.165) is 6.07 Å². The van der Waals surface area contributed by atoms with Gasteiger partial charge < -0.3 is 10.4 Å². The molecule has 2 N–H and O–H groups in total. The van der Waals surface area contributed by atoms with Crippen LogP contribution in [0.15, 0.2) is 22.7 Å². The molecule has 1 aromatic carbocycles. The summed E-state index contributed by atoms with van der Waals surface area (Å²) in [5.74, 6) is -1.88. The van der Waals surface area contributed by atoms with E-state index in [1.807, 2.05) is 0 Å². The van der Waals surface area contributed by atoms with Crippen LogP contribution in [0.25, 0.3) is 0 Å². The van der Waals surface area contributed by atoms with Crippen molar-refractivity contribution in [2.45, 2.75) is 20.0 Å². The van der Waals surface area contributed by atoms with Crippen molar-refractivity contribution in [3.8, 4) is 0 Å². The highest BCUT2D eigenvalue weighted by atomic mass is 79.9. The summed E-state index contributed by atoms with van der Waals surface area (Å²) in [6.45, 7) is 2.61. The van der Waals surface area contributed by atoms with Crippen molar-refractivity contribution in [1.29, 1.82) is 0 Å². The zero-order valence-corrected chi connectivity index (χ0v) is 12.8. The first-order chi connectivity index (χ1) is 9.45. The monoisotopic (exact) mass is 367 g/mol. The number of nitrogens with one attached hydrogen (secondary N) is 1. The summed E-state index contributed by atoms with van der Waals surface area (Å²) in [7, 11) is 0. The van der Waals surface area contributed by atoms with Crippen LogP contribution in [0, 0.1) is 5.41 Å². The summed E-state index contributed by atoms with van der Waals surface area (Å²) in [5, 5.41) is 11.2. The molecule has 0 aliphatic heterocycles. The van der Waals surface area contributed by atoms with Gasteiger partial charge in [-0.3, -0.25) is 9.59 Å². The van der Waals surface area contributed by atoms with E-state index >= 15 is 0 Å². The molecule has 1 rings (SSSR count). The number of halogens is 4.